The fraction of sp³-hybridized carbons (Fsp3) is 0.467. The number of methoxy groups -OCH3 is 1. The monoisotopic (exact) mass is 598 g/mol. The van der Waals surface area contributed by atoms with Crippen molar-refractivity contribution in [3.8, 4) is 17.2 Å². The average Bonchev–Trinajstić information content (AvgIpc) is 2.95. The highest BCUT2D eigenvalue weighted by atomic mass is 16.7. The molecule has 0 spiro atoms. The second-order valence-electron chi connectivity index (χ2n) is 11.4. The third-order valence-electron chi connectivity index (χ3n) is 8.49. The van der Waals surface area contributed by atoms with Crippen LogP contribution in [0.1, 0.15) is 82.7 Å². The number of nitrogens with one attached hydrogen (secondary N) is 1. The van der Waals surface area contributed by atoms with Crippen molar-refractivity contribution in [3.05, 3.63) is 51.6 Å². The molecule has 0 aromatic heterocycles. The standard InChI is InChI=1S/C30H34N2O11/c1-11(31)29(39)32-16-8-19(42-12(2)24(16)34)43-18-10-30(40,13(3)33)9-15-21(18)28(38)23-22(26(15)36)25(35)14-6-5-7-17(41-4)20(14)27(23)37/h5-7,11-12,16,18-19,24,34,36,38,40H,8-10,31H2,1-4H3,(H,32,39)/t11?,12-,16-,18-,19-,24+,30-/m0/s1. The minimum Gasteiger partial charge on any atom is -0.507 e. The molecule has 2 aromatic rings. The molecule has 0 bridgehead atoms. The molecule has 1 saturated heterocycles. The van der Waals surface area contributed by atoms with E-state index in [9.17, 15) is 39.6 Å². The lowest BCUT2D eigenvalue weighted by atomic mass is 9.72. The Kier molecular flexibility index (Phi) is 7.82. The summed E-state index contributed by atoms with van der Waals surface area (Å²) in [6, 6.07) is 2.70. The van der Waals surface area contributed by atoms with Gasteiger partial charge in [0.2, 0.25) is 11.7 Å². The van der Waals surface area contributed by atoms with Gasteiger partial charge in [-0.25, -0.2) is 0 Å². The largest absolute Gasteiger partial charge is 0.507 e. The maximum atomic E-state index is 13.8. The molecule has 1 heterocycles. The van der Waals surface area contributed by atoms with E-state index in [0.29, 0.717) is 0 Å². The number of amides is 1. The maximum absolute atomic E-state index is 13.8. The SMILES string of the molecule is COc1cccc2c1C(=O)c1c(O)c3c(c(O)c1C2=O)C[C@@](O)(C(C)=O)C[C@@H]3O[C@H]1C[C@H](NC(=O)C(C)N)[C@H](O)[C@H](C)O1. The van der Waals surface area contributed by atoms with Crippen LogP contribution in [0.2, 0.25) is 0 Å². The molecule has 7 N–H and O–H groups in total. The van der Waals surface area contributed by atoms with Crippen LogP contribution in [0.15, 0.2) is 18.2 Å². The molecule has 5 rings (SSSR count). The number of ketones is 3. The number of hydrogen-bond acceptors (Lipinski definition) is 12. The lowest BCUT2D eigenvalue weighted by Gasteiger charge is -2.43. The predicted octanol–water partition coefficient (Wildman–Crippen LogP) is 0.534. The Morgan fingerprint density at radius 3 is 2.44 bits per heavy atom. The molecule has 230 valence electrons. The molecule has 0 radical (unpaired) electrons. The lowest BCUT2D eigenvalue weighted by Crippen LogP contribution is -2.57. The highest BCUT2D eigenvalue weighted by Crippen LogP contribution is 2.52. The Balaban J connectivity index is 1.61. The van der Waals surface area contributed by atoms with Crippen LogP contribution in [0.5, 0.6) is 17.2 Å². The molecule has 13 nitrogen and oxygen atoms in total. The second-order valence-corrected chi connectivity index (χ2v) is 11.4. The Morgan fingerprint density at radius 2 is 1.81 bits per heavy atom. The minimum absolute atomic E-state index is 0.0417. The fourth-order valence-corrected chi connectivity index (χ4v) is 6.08. The fourth-order valence-electron chi connectivity index (χ4n) is 6.08. The molecular formula is C30H34N2O11. The number of ether oxygens (including phenoxy) is 3. The maximum Gasteiger partial charge on any atom is 0.236 e. The Labute approximate surface area is 246 Å². The summed E-state index contributed by atoms with van der Waals surface area (Å²) in [6.45, 7) is 4.19. The third-order valence-corrected chi connectivity index (χ3v) is 8.49. The van der Waals surface area contributed by atoms with Crippen molar-refractivity contribution in [2.24, 2.45) is 5.73 Å². The highest BCUT2D eigenvalue weighted by Gasteiger charge is 2.49. The Hall–Kier alpha value is -3.88. The van der Waals surface area contributed by atoms with Gasteiger partial charge in [-0.1, -0.05) is 12.1 Å². The summed E-state index contributed by atoms with van der Waals surface area (Å²) in [5.74, 6) is -3.92. The predicted molar refractivity (Wildman–Crippen MR) is 148 cm³/mol. The van der Waals surface area contributed by atoms with Crippen LogP contribution in [0.3, 0.4) is 0 Å². The topological polar surface area (TPSA) is 215 Å². The molecule has 2 aromatic carbocycles. The number of fused-ring (bicyclic) bond motifs is 3. The quantitative estimate of drug-likeness (QED) is 0.214. The first-order chi connectivity index (χ1) is 20.2. The molecule has 2 aliphatic carbocycles. The number of Topliss-reactive ketones (excluding diaryl/α,β-unsaturated/α-hetero) is 1. The number of nitrogens with two attached hydrogens (primary N) is 1. The molecule has 1 amide bonds. The van der Waals surface area contributed by atoms with Gasteiger partial charge in [0, 0.05) is 36.0 Å². The van der Waals surface area contributed by atoms with Crippen LogP contribution in [0, 0.1) is 0 Å². The molecule has 1 unspecified atom stereocenters. The van der Waals surface area contributed by atoms with Crippen molar-refractivity contribution >= 4 is 23.3 Å². The van der Waals surface area contributed by atoms with E-state index in [0.717, 1.165) is 6.92 Å². The summed E-state index contributed by atoms with van der Waals surface area (Å²) in [7, 11) is 1.32. The number of carbonyl (C=O) groups is 4. The molecule has 3 aliphatic rings. The summed E-state index contributed by atoms with van der Waals surface area (Å²) in [6.07, 6.45) is -5.35. The smallest absolute Gasteiger partial charge is 0.236 e. The number of aliphatic hydroxyl groups is 2. The first kappa shape index (κ1) is 30.6. The molecular weight excluding hydrogens is 564 g/mol. The summed E-state index contributed by atoms with van der Waals surface area (Å²) in [5.41, 5.74) is 2.31. The van der Waals surface area contributed by atoms with Crippen LogP contribution < -0.4 is 15.8 Å². The molecule has 43 heavy (non-hydrogen) atoms. The van der Waals surface area contributed by atoms with Crippen molar-refractivity contribution in [1.82, 2.24) is 5.32 Å². The van der Waals surface area contributed by atoms with Crippen LogP contribution >= 0.6 is 0 Å². The van der Waals surface area contributed by atoms with E-state index in [1.165, 1.54) is 32.2 Å². The van der Waals surface area contributed by atoms with Gasteiger partial charge in [-0.3, -0.25) is 19.2 Å². The van der Waals surface area contributed by atoms with Crippen molar-refractivity contribution in [1.29, 1.82) is 0 Å². The van der Waals surface area contributed by atoms with Crippen molar-refractivity contribution in [3.63, 3.8) is 0 Å². The van der Waals surface area contributed by atoms with Crippen LogP contribution in [-0.2, 0) is 25.5 Å². The molecule has 0 saturated carbocycles. The van der Waals surface area contributed by atoms with Gasteiger partial charge in [-0.15, -0.1) is 0 Å². The second kappa shape index (κ2) is 11.0. The number of aliphatic hydroxyl groups excluding tert-OH is 1. The number of hydrogen-bond donors (Lipinski definition) is 6. The number of phenolic OH excluding ortho intramolecular Hbond substituents is 2. The van der Waals surface area contributed by atoms with E-state index in [4.69, 9.17) is 19.9 Å². The lowest BCUT2D eigenvalue weighted by molar-refractivity contribution is -0.249. The van der Waals surface area contributed by atoms with Gasteiger partial charge < -0.3 is 45.7 Å². The van der Waals surface area contributed by atoms with E-state index in [1.807, 2.05) is 0 Å². The van der Waals surface area contributed by atoms with E-state index in [2.05, 4.69) is 5.32 Å². The Morgan fingerprint density at radius 1 is 1.14 bits per heavy atom. The summed E-state index contributed by atoms with van der Waals surface area (Å²) in [4.78, 5) is 52.2. The van der Waals surface area contributed by atoms with Crippen LogP contribution in [-0.4, -0.2) is 87.0 Å². The van der Waals surface area contributed by atoms with Crippen molar-refractivity contribution < 1.29 is 53.8 Å². The molecule has 1 aliphatic heterocycles. The summed E-state index contributed by atoms with van der Waals surface area (Å²) in [5, 5.41) is 47.6. The number of benzene rings is 2. The number of phenols is 2. The van der Waals surface area contributed by atoms with Gasteiger partial charge in [0.05, 0.1) is 48.1 Å². The van der Waals surface area contributed by atoms with Gasteiger partial charge in [0.25, 0.3) is 0 Å². The zero-order valence-corrected chi connectivity index (χ0v) is 24.0. The normalized spacial score (nSPS) is 28.8. The zero-order valence-electron chi connectivity index (χ0n) is 24.0. The van der Waals surface area contributed by atoms with Crippen LogP contribution in [0.4, 0.5) is 0 Å². The number of carbonyl (C=O) groups excluding carboxylic acids is 4. The first-order valence-corrected chi connectivity index (χ1v) is 13.9. The van der Waals surface area contributed by atoms with Gasteiger partial charge in [-0.05, 0) is 26.8 Å². The van der Waals surface area contributed by atoms with Crippen LogP contribution in [0.25, 0.3) is 0 Å². The van der Waals surface area contributed by atoms with Gasteiger partial charge >= 0.3 is 0 Å². The van der Waals surface area contributed by atoms with Crippen molar-refractivity contribution in [2.45, 2.75) is 82.3 Å². The van der Waals surface area contributed by atoms with Gasteiger partial charge in [0.15, 0.2) is 17.9 Å². The van der Waals surface area contributed by atoms with E-state index in [1.54, 1.807) is 6.92 Å². The van der Waals surface area contributed by atoms with Crippen molar-refractivity contribution in [2.75, 3.05) is 7.11 Å². The molecule has 13 heteroatoms. The van der Waals surface area contributed by atoms with E-state index < -0.39 is 101 Å². The molecule has 7 atom stereocenters. The van der Waals surface area contributed by atoms with E-state index in [-0.39, 0.29) is 34.4 Å². The number of aromatic hydroxyl groups is 2. The first-order valence-electron chi connectivity index (χ1n) is 13.9. The summed E-state index contributed by atoms with van der Waals surface area (Å²) < 4.78 is 17.3. The number of rotatable bonds is 6. The third kappa shape index (κ3) is 4.96. The van der Waals surface area contributed by atoms with Gasteiger partial charge in [-0.2, -0.15) is 0 Å². The minimum atomic E-state index is -2.07. The molecule has 1 fully saturated rings. The Bertz CT molecular complexity index is 1540. The summed E-state index contributed by atoms with van der Waals surface area (Å²) >= 11 is 0. The average molecular weight is 599 g/mol. The zero-order chi connectivity index (χ0) is 31.5. The van der Waals surface area contributed by atoms with Gasteiger partial charge in [0.1, 0.15) is 29.0 Å². The highest BCUT2D eigenvalue weighted by molar-refractivity contribution is 6.31. The van der Waals surface area contributed by atoms with E-state index >= 15 is 0 Å².